The van der Waals surface area contributed by atoms with Gasteiger partial charge in [0.05, 0.1) is 31.0 Å². The van der Waals surface area contributed by atoms with Crippen LogP contribution in [0.3, 0.4) is 0 Å². The molecule has 3 atom stereocenters. The largest absolute Gasteiger partial charge is 0.469 e. The van der Waals surface area contributed by atoms with E-state index in [0.717, 1.165) is 12.1 Å². The second kappa shape index (κ2) is 14.2. The van der Waals surface area contributed by atoms with E-state index in [4.69, 9.17) is 9.47 Å². The number of alkyl halides is 4. The number of halogens is 4. The van der Waals surface area contributed by atoms with E-state index in [0.29, 0.717) is 69.7 Å². The molecule has 4 saturated heterocycles. The maximum atomic E-state index is 16.5. The van der Waals surface area contributed by atoms with Gasteiger partial charge in [0.1, 0.15) is 0 Å². The van der Waals surface area contributed by atoms with Gasteiger partial charge >= 0.3 is 12.1 Å². The second-order valence-electron chi connectivity index (χ2n) is 13.3. The first-order chi connectivity index (χ1) is 22.2. The highest BCUT2D eigenvalue weighted by atomic mass is 32.2. The third-order valence-electron chi connectivity index (χ3n) is 10.6. The summed E-state index contributed by atoms with van der Waals surface area (Å²) in [5.74, 6) is -1.90. The fourth-order valence-corrected chi connectivity index (χ4v) is 8.97. The van der Waals surface area contributed by atoms with E-state index >= 15 is 4.39 Å². The number of esters is 1. The van der Waals surface area contributed by atoms with E-state index < -0.39 is 33.3 Å². The third kappa shape index (κ3) is 7.57. The van der Waals surface area contributed by atoms with Crippen LogP contribution in [0, 0.1) is 11.8 Å². The minimum atomic E-state index is -4.56. The predicted molar refractivity (Wildman–Crippen MR) is 167 cm³/mol. The zero-order chi connectivity index (χ0) is 34.1. The number of nitrogens with zero attached hydrogens (tertiary/aromatic N) is 4. The Morgan fingerprint density at radius 3 is 2.28 bits per heavy atom. The number of benzene rings is 1. The van der Waals surface area contributed by atoms with Crippen LogP contribution < -0.4 is 4.90 Å². The van der Waals surface area contributed by atoms with Crippen molar-refractivity contribution < 1.29 is 45.0 Å². The third-order valence-corrected chi connectivity index (χ3v) is 12.4. The predicted octanol–water partition coefficient (Wildman–Crippen LogP) is 3.51. The van der Waals surface area contributed by atoms with Gasteiger partial charge in [-0.15, -0.1) is 0 Å². The van der Waals surface area contributed by atoms with E-state index in [2.05, 4.69) is 0 Å². The quantitative estimate of drug-likeness (QED) is 0.287. The Kier molecular flexibility index (Phi) is 10.8. The molecule has 0 aromatic heterocycles. The van der Waals surface area contributed by atoms with E-state index in [1.54, 1.807) is 6.92 Å². The normalized spacial score (nSPS) is 27.5. The molecular formula is C32H46F4N4O6S. The fraction of sp³-hybridized carbons (Fsp3) is 0.750. The first-order valence-electron chi connectivity index (χ1n) is 16.4. The number of hydrogen-bond acceptors (Lipinski definition) is 8. The molecule has 4 heterocycles. The molecule has 10 nitrogen and oxygen atoms in total. The molecule has 0 N–H and O–H groups in total. The van der Waals surface area contributed by atoms with Crippen LogP contribution >= 0.6 is 0 Å². The van der Waals surface area contributed by atoms with Gasteiger partial charge in [-0.25, -0.2) is 17.1 Å². The molecular weight excluding hydrogens is 644 g/mol. The molecule has 15 heteroatoms. The lowest BCUT2D eigenvalue weighted by atomic mass is 9.86. The topological polar surface area (TPSA) is 99.7 Å². The zero-order valence-electron chi connectivity index (χ0n) is 27.3. The summed E-state index contributed by atoms with van der Waals surface area (Å²) in [6, 6.07) is 3.65. The number of rotatable bonds is 9. The maximum absolute atomic E-state index is 16.5. The smallest absolute Gasteiger partial charge is 0.416 e. The average Bonchev–Trinajstić information content (AvgIpc) is 3.68. The Morgan fingerprint density at radius 2 is 1.68 bits per heavy atom. The number of piperidine rings is 2. The summed E-state index contributed by atoms with van der Waals surface area (Å²) in [5.41, 5.74) is -1.85. The van der Waals surface area contributed by atoms with Gasteiger partial charge in [-0.2, -0.15) is 13.2 Å². The van der Waals surface area contributed by atoms with Gasteiger partial charge in [0.15, 0.2) is 0 Å². The highest BCUT2D eigenvalue weighted by molar-refractivity contribution is 7.89. The summed E-state index contributed by atoms with van der Waals surface area (Å²) in [6.45, 7) is 3.98. The maximum Gasteiger partial charge on any atom is 0.416 e. The standard InChI is InChI=1S/C32H46F4N4O6S/c1-4-47(43,44)40-14-9-25(10-15-40)38-16-11-31(33,21-38)30(42)39-18-23(20-45-2)27(19-39)26-6-5-24(32(34,35)36)17-28(26)37-12-7-22(8-13-37)29(41)46-3/h5-6,17,22-23,25,27H,4,7-16,18-21H2,1-3H3/t23-,27+,31-/m1/s1. The minimum Gasteiger partial charge on any atom is -0.469 e. The van der Waals surface area contributed by atoms with Crippen LogP contribution in [0.25, 0.3) is 0 Å². The number of methoxy groups -OCH3 is 2. The lowest BCUT2D eigenvalue weighted by Crippen LogP contribution is -2.50. The van der Waals surface area contributed by atoms with Crippen molar-refractivity contribution in [2.45, 2.75) is 62.8 Å². The number of carbonyl (C=O) groups excluding carboxylic acids is 2. The SMILES string of the molecule is CCS(=O)(=O)N1CCC(N2CC[C@](F)(C(=O)N3C[C@H](COC)[C@@H](c4ccc(C(F)(F)F)cc4N4CCC(C(=O)OC)CC4)C3)C2)CC1. The van der Waals surface area contributed by atoms with Crippen LogP contribution in [0.1, 0.15) is 56.1 Å². The first kappa shape index (κ1) is 35.8. The number of sulfonamides is 1. The Labute approximate surface area is 274 Å². The van der Waals surface area contributed by atoms with Crippen LogP contribution in [-0.4, -0.2) is 125 Å². The number of ether oxygens (including phenoxy) is 2. The van der Waals surface area contributed by atoms with E-state index in [1.807, 2.05) is 9.80 Å². The van der Waals surface area contributed by atoms with Crippen molar-refractivity contribution in [1.29, 1.82) is 0 Å². The molecule has 47 heavy (non-hydrogen) atoms. The van der Waals surface area contributed by atoms with Crippen molar-refractivity contribution in [3.8, 4) is 0 Å². The van der Waals surface area contributed by atoms with Gasteiger partial charge in [-0.1, -0.05) is 6.07 Å². The number of amides is 1. The molecule has 0 aliphatic carbocycles. The molecule has 4 fully saturated rings. The van der Waals surface area contributed by atoms with Crippen molar-refractivity contribution in [3.05, 3.63) is 29.3 Å². The molecule has 0 unspecified atom stereocenters. The molecule has 1 amide bonds. The Hall–Kier alpha value is -2.49. The molecule has 1 aromatic rings. The fourth-order valence-electron chi connectivity index (χ4n) is 7.84. The van der Waals surface area contributed by atoms with Gasteiger partial charge < -0.3 is 19.3 Å². The molecule has 0 bridgehead atoms. The Bertz CT molecular complexity index is 1400. The van der Waals surface area contributed by atoms with Gasteiger partial charge in [-0.05, 0) is 50.3 Å². The summed E-state index contributed by atoms with van der Waals surface area (Å²) in [6.07, 6.45) is -2.52. The van der Waals surface area contributed by atoms with Crippen molar-refractivity contribution in [1.82, 2.24) is 14.1 Å². The molecule has 264 valence electrons. The van der Waals surface area contributed by atoms with Gasteiger partial charge in [-0.3, -0.25) is 14.5 Å². The van der Waals surface area contributed by atoms with E-state index in [1.165, 1.54) is 29.5 Å². The number of hydrogen-bond donors (Lipinski definition) is 0. The summed E-state index contributed by atoms with van der Waals surface area (Å²) in [5, 5.41) is 0. The molecule has 1 aromatic carbocycles. The average molecular weight is 691 g/mol. The van der Waals surface area contributed by atoms with Crippen LogP contribution in [0.15, 0.2) is 18.2 Å². The van der Waals surface area contributed by atoms with Crippen molar-refractivity contribution >= 4 is 27.6 Å². The van der Waals surface area contributed by atoms with Gasteiger partial charge in [0, 0.05) is 89.5 Å². The molecule has 0 saturated carbocycles. The van der Waals surface area contributed by atoms with Crippen LogP contribution in [0.5, 0.6) is 0 Å². The number of anilines is 1. The van der Waals surface area contributed by atoms with Crippen molar-refractivity contribution in [2.75, 3.05) is 83.8 Å². The first-order valence-corrected chi connectivity index (χ1v) is 18.0. The number of likely N-dealkylation sites (tertiary alicyclic amines) is 2. The van der Waals surface area contributed by atoms with Crippen molar-refractivity contribution in [3.63, 3.8) is 0 Å². The number of carbonyl (C=O) groups is 2. The minimum absolute atomic E-state index is 0.0191. The van der Waals surface area contributed by atoms with E-state index in [9.17, 15) is 31.2 Å². The van der Waals surface area contributed by atoms with Crippen LogP contribution in [0.2, 0.25) is 0 Å². The molecule has 4 aliphatic heterocycles. The molecule has 0 radical (unpaired) electrons. The summed E-state index contributed by atoms with van der Waals surface area (Å²) >= 11 is 0. The van der Waals surface area contributed by atoms with Crippen LogP contribution in [-0.2, 0) is 35.3 Å². The summed E-state index contributed by atoms with van der Waals surface area (Å²) in [7, 11) is -0.447. The monoisotopic (exact) mass is 690 g/mol. The second-order valence-corrected chi connectivity index (χ2v) is 15.6. The highest BCUT2D eigenvalue weighted by Gasteiger charge is 2.51. The van der Waals surface area contributed by atoms with Crippen LogP contribution in [0.4, 0.5) is 23.2 Å². The molecule has 5 rings (SSSR count). The van der Waals surface area contributed by atoms with Gasteiger partial charge in [0.25, 0.3) is 5.91 Å². The molecule has 4 aliphatic rings. The van der Waals surface area contributed by atoms with E-state index in [-0.39, 0.29) is 68.2 Å². The highest BCUT2D eigenvalue weighted by Crippen LogP contribution is 2.43. The Balaban J connectivity index is 1.32. The lowest BCUT2D eigenvalue weighted by Gasteiger charge is -2.36. The molecule has 0 spiro atoms. The zero-order valence-corrected chi connectivity index (χ0v) is 28.1. The Morgan fingerprint density at radius 1 is 1.00 bits per heavy atom. The van der Waals surface area contributed by atoms with Gasteiger partial charge in [0.2, 0.25) is 15.7 Å². The summed E-state index contributed by atoms with van der Waals surface area (Å²) in [4.78, 5) is 31.3. The lowest BCUT2D eigenvalue weighted by molar-refractivity contribution is -0.146. The summed E-state index contributed by atoms with van der Waals surface area (Å²) < 4.78 is 94.4. The van der Waals surface area contributed by atoms with Crippen molar-refractivity contribution in [2.24, 2.45) is 11.8 Å².